The monoisotopic (exact) mass is 443 g/mol. The van der Waals surface area contributed by atoms with Gasteiger partial charge in [0.2, 0.25) is 23.6 Å². The quantitative estimate of drug-likeness (QED) is 0.708. The number of benzene rings is 1. The van der Waals surface area contributed by atoms with E-state index in [9.17, 15) is 23.6 Å². The van der Waals surface area contributed by atoms with Gasteiger partial charge in [0.15, 0.2) is 0 Å². The van der Waals surface area contributed by atoms with Gasteiger partial charge >= 0.3 is 0 Å². The van der Waals surface area contributed by atoms with Crippen molar-refractivity contribution in [3.63, 3.8) is 0 Å². The molecule has 4 rings (SSSR count). The number of nitrogens with zero attached hydrogens (tertiary/aromatic N) is 2. The fraction of sp³-hybridized carbons (Fsp3) is 0.583. The maximum Gasteiger partial charge on any atom is 0.242 e. The van der Waals surface area contributed by atoms with Gasteiger partial charge in [-0.25, -0.2) is 4.39 Å². The van der Waals surface area contributed by atoms with E-state index >= 15 is 0 Å². The standard InChI is InChI=1S/C24H30FN3O4/c1-2-19-22(31)26-12-13-27(19)20(29)14-24(17-10-6-7-11-18(17)25)15-21(30)28(23(24)32)16-8-4-3-5-9-16/h6-7,10-11,16,19H,2-5,8-9,12-15H2,1H3,(H,26,31)/t19-,24-/m0/s1. The van der Waals surface area contributed by atoms with Crippen molar-refractivity contribution >= 4 is 23.6 Å². The number of imide groups is 1. The Bertz CT molecular complexity index is 930. The molecule has 0 unspecified atom stereocenters. The number of likely N-dealkylation sites (tertiary alicyclic amines) is 1. The molecule has 1 aromatic rings. The summed E-state index contributed by atoms with van der Waals surface area (Å²) in [6, 6.07) is 5.07. The minimum absolute atomic E-state index is 0.0829. The fourth-order valence-electron chi connectivity index (χ4n) is 5.54. The van der Waals surface area contributed by atoms with E-state index in [4.69, 9.17) is 0 Å². The van der Waals surface area contributed by atoms with Gasteiger partial charge in [0.25, 0.3) is 0 Å². The summed E-state index contributed by atoms with van der Waals surface area (Å²) < 4.78 is 15.0. The third-order valence-corrected chi connectivity index (χ3v) is 7.17. The van der Waals surface area contributed by atoms with Crippen molar-refractivity contribution in [3.8, 4) is 0 Å². The molecule has 1 aromatic carbocycles. The van der Waals surface area contributed by atoms with Gasteiger partial charge in [-0.15, -0.1) is 0 Å². The Morgan fingerprint density at radius 2 is 1.88 bits per heavy atom. The van der Waals surface area contributed by atoms with E-state index in [-0.39, 0.29) is 36.3 Å². The molecule has 1 aliphatic carbocycles. The second kappa shape index (κ2) is 9.00. The summed E-state index contributed by atoms with van der Waals surface area (Å²) in [5.41, 5.74) is -1.50. The molecule has 8 heteroatoms. The zero-order chi connectivity index (χ0) is 22.9. The van der Waals surface area contributed by atoms with E-state index in [1.54, 1.807) is 6.07 Å². The van der Waals surface area contributed by atoms with Crippen LogP contribution in [0.1, 0.15) is 63.9 Å². The maximum absolute atomic E-state index is 15.0. The molecule has 0 bridgehead atoms. The Labute approximate surface area is 187 Å². The van der Waals surface area contributed by atoms with Crippen LogP contribution in [0.3, 0.4) is 0 Å². The van der Waals surface area contributed by atoms with Gasteiger partial charge in [0, 0.05) is 37.5 Å². The number of halogens is 1. The highest BCUT2D eigenvalue weighted by atomic mass is 19.1. The van der Waals surface area contributed by atoms with E-state index in [1.165, 1.54) is 28.0 Å². The summed E-state index contributed by atoms with van der Waals surface area (Å²) in [6.07, 6.45) is 4.30. The Balaban J connectivity index is 1.71. The topological polar surface area (TPSA) is 86.8 Å². The van der Waals surface area contributed by atoms with Crippen LogP contribution in [0.5, 0.6) is 0 Å². The van der Waals surface area contributed by atoms with E-state index in [0.29, 0.717) is 19.5 Å². The van der Waals surface area contributed by atoms with Crippen LogP contribution in [-0.4, -0.2) is 58.6 Å². The van der Waals surface area contributed by atoms with Gasteiger partial charge in [-0.3, -0.25) is 24.1 Å². The van der Waals surface area contributed by atoms with Gasteiger partial charge in [-0.05, 0) is 25.3 Å². The molecular formula is C24H30FN3O4. The fourth-order valence-corrected chi connectivity index (χ4v) is 5.54. The number of hydrogen-bond acceptors (Lipinski definition) is 4. The first kappa shape index (κ1) is 22.4. The molecule has 0 spiro atoms. The molecule has 7 nitrogen and oxygen atoms in total. The second-order valence-electron chi connectivity index (χ2n) is 9.08. The third-order valence-electron chi connectivity index (χ3n) is 7.17. The lowest BCUT2D eigenvalue weighted by molar-refractivity contribution is -0.148. The van der Waals surface area contributed by atoms with Crippen LogP contribution in [0.4, 0.5) is 4.39 Å². The number of piperazine rings is 1. The first-order valence-electron chi connectivity index (χ1n) is 11.6. The summed E-state index contributed by atoms with van der Waals surface area (Å²) in [7, 11) is 0. The number of rotatable bonds is 5. The van der Waals surface area contributed by atoms with Gasteiger partial charge < -0.3 is 10.2 Å². The Morgan fingerprint density at radius 3 is 2.56 bits per heavy atom. The molecule has 172 valence electrons. The van der Waals surface area contributed by atoms with Gasteiger partial charge in [0.05, 0.1) is 5.41 Å². The zero-order valence-electron chi connectivity index (χ0n) is 18.4. The molecule has 4 amide bonds. The van der Waals surface area contributed by atoms with Crippen molar-refractivity contribution in [2.45, 2.75) is 75.8 Å². The largest absolute Gasteiger partial charge is 0.353 e. The van der Waals surface area contributed by atoms with Crippen LogP contribution in [0.25, 0.3) is 0 Å². The summed E-state index contributed by atoms with van der Waals surface area (Å²) in [6.45, 7) is 2.47. The van der Waals surface area contributed by atoms with Crippen molar-refractivity contribution in [2.75, 3.05) is 13.1 Å². The van der Waals surface area contributed by atoms with Crippen LogP contribution in [0, 0.1) is 5.82 Å². The summed E-state index contributed by atoms with van der Waals surface area (Å²) in [5.74, 6) is -2.06. The number of hydrogen-bond donors (Lipinski definition) is 1. The normalized spacial score (nSPS) is 27.1. The Hall–Kier alpha value is -2.77. The predicted octanol–water partition coefficient (Wildman–Crippen LogP) is 2.28. The highest BCUT2D eigenvalue weighted by molar-refractivity contribution is 6.11. The second-order valence-corrected chi connectivity index (χ2v) is 9.08. The van der Waals surface area contributed by atoms with Crippen molar-refractivity contribution < 1.29 is 23.6 Å². The van der Waals surface area contributed by atoms with Gasteiger partial charge in [-0.2, -0.15) is 0 Å². The predicted molar refractivity (Wildman–Crippen MR) is 115 cm³/mol. The molecule has 3 aliphatic rings. The molecule has 2 heterocycles. The van der Waals surface area contributed by atoms with Crippen molar-refractivity contribution in [2.24, 2.45) is 0 Å². The van der Waals surface area contributed by atoms with Crippen molar-refractivity contribution in [1.29, 1.82) is 0 Å². The number of amides is 4. The minimum atomic E-state index is -1.58. The summed E-state index contributed by atoms with van der Waals surface area (Å²) in [5, 5.41) is 2.76. The van der Waals surface area contributed by atoms with E-state index in [1.807, 2.05) is 6.92 Å². The summed E-state index contributed by atoms with van der Waals surface area (Å²) >= 11 is 0. The number of carbonyl (C=O) groups is 4. The third kappa shape index (κ3) is 3.80. The Kier molecular flexibility index (Phi) is 6.31. The average molecular weight is 444 g/mol. The highest BCUT2D eigenvalue weighted by Gasteiger charge is 2.57. The van der Waals surface area contributed by atoms with Crippen LogP contribution in [0.2, 0.25) is 0 Å². The molecule has 2 aliphatic heterocycles. The van der Waals surface area contributed by atoms with Crippen LogP contribution in [0.15, 0.2) is 24.3 Å². The van der Waals surface area contributed by atoms with Crippen LogP contribution >= 0.6 is 0 Å². The minimum Gasteiger partial charge on any atom is -0.353 e. The molecular weight excluding hydrogens is 413 g/mol. The SMILES string of the molecule is CC[C@H]1C(=O)NCCN1C(=O)C[C@@]1(c2ccccc2F)CC(=O)N(C2CCCCC2)C1=O. The highest BCUT2D eigenvalue weighted by Crippen LogP contribution is 2.43. The molecule has 32 heavy (non-hydrogen) atoms. The van der Waals surface area contributed by atoms with E-state index in [0.717, 1.165) is 32.1 Å². The molecule has 3 fully saturated rings. The lowest BCUT2D eigenvalue weighted by atomic mass is 9.75. The number of carbonyl (C=O) groups excluding carboxylic acids is 4. The molecule has 1 saturated carbocycles. The van der Waals surface area contributed by atoms with Crippen molar-refractivity contribution in [1.82, 2.24) is 15.1 Å². The van der Waals surface area contributed by atoms with E-state index in [2.05, 4.69) is 5.32 Å². The molecule has 0 aromatic heterocycles. The van der Waals surface area contributed by atoms with Gasteiger partial charge in [0.1, 0.15) is 11.9 Å². The smallest absolute Gasteiger partial charge is 0.242 e. The Morgan fingerprint density at radius 1 is 1.16 bits per heavy atom. The van der Waals surface area contributed by atoms with Gasteiger partial charge in [-0.1, -0.05) is 44.4 Å². The van der Waals surface area contributed by atoms with Crippen LogP contribution < -0.4 is 5.32 Å². The van der Waals surface area contributed by atoms with Crippen molar-refractivity contribution in [3.05, 3.63) is 35.6 Å². The average Bonchev–Trinajstić information content (AvgIpc) is 3.04. The first-order valence-corrected chi connectivity index (χ1v) is 11.6. The molecule has 2 saturated heterocycles. The van der Waals surface area contributed by atoms with Crippen LogP contribution in [-0.2, 0) is 24.6 Å². The molecule has 1 N–H and O–H groups in total. The number of nitrogens with one attached hydrogen (secondary N) is 1. The molecule has 2 atom stereocenters. The zero-order valence-corrected chi connectivity index (χ0v) is 18.4. The lowest BCUT2D eigenvalue weighted by Crippen LogP contribution is -2.58. The lowest BCUT2D eigenvalue weighted by Gasteiger charge is -2.37. The summed E-state index contributed by atoms with van der Waals surface area (Å²) in [4.78, 5) is 55.4. The van der Waals surface area contributed by atoms with E-state index < -0.39 is 29.1 Å². The molecule has 0 radical (unpaired) electrons. The maximum atomic E-state index is 15.0. The first-order chi connectivity index (χ1) is 15.4.